The Bertz CT molecular complexity index is 1060. The molecule has 31 heavy (non-hydrogen) atoms. The molecule has 11 nitrogen and oxygen atoms in total. The molecule has 2 heterocycles. The van der Waals surface area contributed by atoms with E-state index >= 15 is 0 Å². The van der Waals surface area contributed by atoms with E-state index in [9.17, 15) is 18.0 Å². The highest BCUT2D eigenvalue weighted by molar-refractivity contribution is 7.89. The minimum absolute atomic E-state index is 0.108. The summed E-state index contributed by atoms with van der Waals surface area (Å²) < 4.78 is 43.7. The third-order valence-corrected chi connectivity index (χ3v) is 6.72. The summed E-state index contributed by atoms with van der Waals surface area (Å²) in [7, 11) is -4.17. The van der Waals surface area contributed by atoms with Crippen molar-refractivity contribution in [2.75, 3.05) is 0 Å². The van der Waals surface area contributed by atoms with E-state index in [1.165, 1.54) is 29.7 Å². The summed E-state index contributed by atoms with van der Waals surface area (Å²) in [5, 5.41) is 9.13. The van der Waals surface area contributed by atoms with Gasteiger partial charge in [-0.2, -0.15) is 4.72 Å². The second-order valence-electron chi connectivity index (χ2n) is 7.21. The third kappa shape index (κ3) is 4.31. The molecule has 2 atom stereocenters. The van der Waals surface area contributed by atoms with Crippen LogP contribution in [0.1, 0.15) is 18.4 Å². The molecule has 4 rings (SSSR count). The van der Waals surface area contributed by atoms with Crippen LogP contribution in [0.25, 0.3) is 0 Å². The first-order chi connectivity index (χ1) is 14.8. The van der Waals surface area contributed by atoms with Crippen molar-refractivity contribution in [1.82, 2.24) is 15.2 Å². The summed E-state index contributed by atoms with van der Waals surface area (Å²) in [6.07, 6.45) is 0.458. The van der Waals surface area contributed by atoms with E-state index < -0.39 is 39.8 Å². The Morgan fingerprint density at radius 1 is 1.13 bits per heavy atom. The Kier molecular flexibility index (Phi) is 5.52. The number of aromatic nitrogens is 1. The Hall–Kier alpha value is -3.22. The van der Waals surface area contributed by atoms with Crippen LogP contribution < -0.4 is 14.9 Å². The van der Waals surface area contributed by atoms with Crippen molar-refractivity contribution >= 4 is 22.1 Å². The molecule has 2 aliphatic rings. The Labute approximate surface area is 177 Å². The Morgan fingerprint density at radius 2 is 1.74 bits per heavy atom. The molecule has 2 unspecified atom stereocenters. The van der Waals surface area contributed by atoms with Gasteiger partial charge < -0.3 is 14.2 Å². The summed E-state index contributed by atoms with van der Waals surface area (Å²) in [4.78, 5) is 27.4. The van der Waals surface area contributed by atoms with Crippen LogP contribution in [0.15, 0.2) is 53.7 Å². The predicted octanol–water partition coefficient (Wildman–Crippen LogP) is 0.881. The van der Waals surface area contributed by atoms with Crippen LogP contribution in [0.5, 0.6) is 5.75 Å². The highest BCUT2D eigenvalue weighted by Gasteiger charge is 2.58. The van der Waals surface area contributed by atoms with Gasteiger partial charge >= 0.3 is 6.16 Å². The van der Waals surface area contributed by atoms with Crippen molar-refractivity contribution in [3.63, 3.8) is 0 Å². The molecule has 1 aromatic heterocycles. The fraction of sp³-hybridized carbons (Fsp3) is 0.316. The molecule has 1 saturated heterocycles. The zero-order chi connectivity index (χ0) is 22.1. The Morgan fingerprint density at radius 3 is 2.32 bits per heavy atom. The molecule has 2 aromatic rings. The number of carbonyl (C=O) groups is 2. The molecular formula is C19H19N3O8S. The molecule has 1 amide bonds. The Balaban J connectivity index is 1.48. The van der Waals surface area contributed by atoms with E-state index in [2.05, 4.69) is 9.71 Å². The number of benzene rings is 1. The number of pyridine rings is 1. The molecule has 1 aliphatic carbocycles. The number of rotatable bonds is 7. The maximum Gasteiger partial charge on any atom is 0.509 e. The zero-order valence-electron chi connectivity index (χ0n) is 16.1. The minimum Gasteiger partial charge on any atom is -0.489 e. The summed E-state index contributed by atoms with van der Waals surface area (Å²) in [5.41, 5.74) is 0.644. The first kappa shape index (κ1) is 21.0. The van der Waals surface area contributed by atoms with Crippen molar-refractivity contribution in [2.24, 2.45) is 0 Å². The predicted molar refractivity (Wildman–Crippen MR) is 102 cm³/mol. The lowest BCUT2D eigenvalue weighted by Crippen LogP contribution is -2.57. The number of sulfonamides is 1. The molecule has 3 N–H and O–H groups in total. The molecule has 0 spiro atoms. The monoisotopic (exact) mass is 449 g/mol. The first-order valence-corrected chi connectivity index (χ1v) is 10.8. The highest BCUT2D eigenvalue weighted by atomic mass is 32.2. The lowest BCUT2D eigenvalue weighted by Gasteiger charge is -2.27. The van der Waals surface area contributed by atoms with Gasteiger partial charge in [-0.1, -0.05) is 0 Å². The van der Waals surface area contributed by atoms with Gasteiger partial charge in [0.15, 0.2) is 0 Å². The third-order valence-electron chi connectivity index (χ3n) is 5.16. The average Bonchev–Trinajstić information content (AvgIpc) is 3.26. The maximum absolute atomic E-state index is 12.9. The smallest absolute Gasteiger partial charge is 0.489 e. The van der Waals surface area contributed by atoms with E-state index in [1.807, 2.05) is 0 Å². The van der Waals surface area contributed by atoms with E-state index in [1.54, 1.807) is 24.5 Å². The van der Waals surface area contributed by atoms with Gasteiger partial charge in [-0.3, -0.25) is 15.0 Å². The molecule has 0 bridgehead atoms. The molecule has 164 valence electrons. The molecule has 12 heteroatoms. The number of fused-ring (bicyclic) bond motifs is 1. The van der Waals surface area contributed by atoms with Gasteiger partial charge in [0, 0.05) is 25.2 Å². The number of carbonyl (C=O) groups excluding carboxylic acids is 2. The van der Waals surface area contributed by atoms with E-state index in [4.69, 9.17) is 19.4 Å². The SMILES string of the molecule is O=C1OC2CC(NS(=O)(=O)c3ccc(OCc4ccncc4)cc3)(C(=O)NO)CC2O1. The number of nitrogens with zero attached hydrogens (tertiary/aromatic N) is 1. The number of hydrogen-bond donors (Lipinski definition) is 3. The van der Waals surface area contributed by atoms with Crippen molar-refractivity contribution in [3.8, 4) is 5.75 Å². The van der Waals surface area contributed by atoms with E-state index in [0.29, 0.717) is 5.75 Å². The molecule has 2 fully saturated rings. The van der Waals surface area contributed by atoms with Crippen molar-refractivity contribution in [2.45, 2.75) is 42.1 Å². The van der Waals surface area contributed by atoms with Crippen LogP contribution in [0, 0.1) is 0 Å². The molecule has 1 saturated carbocycles. The van der Waals surface area contributed by atoms with Crippen LogP contribution in [0.2, 0.25) is 0 Å². The topological polar surface area (TPSA) is 153 Å². The largest absolute Gasteiger partial charge is 0.509 e. The number of hydrogen-bond acceptors (Lipinski definition) is 9. The van der Waals surface area contributed by atoms with Crippen LogP contribution in [-0.4, -0.2) is 48.4 Å². The fourth-order valence-electron chi connectivity index (χ4n) is 3.64. The lowest BCUT2D eigenvalue weighted by atomic mass is 9.98. The van der Waals surface area contributed by atoms with Crippen molar-refractivity contribution in [3.05, 3.63) is 54.4 Å². The average molecular weight is 449 g/mol. The zero-order valence-corrected chi connectivity index (χ0v) is 16.9. The summed E-state index contributed by atoms with van der Waals surface area (Å²) in [6.45, 7) is 0.286. The van der Waals surface area contributed by atoms with Crippen molar-refractivity contribution < 1.29 is 37.4 Å². The normalized spacial score (nSPS) is 24.7. The maximum atomic E-state index is 12.9. The highest BCUT2D eigenvalue weighted by Crippen LogP contribution is 2.39. The van der Waals surface area contributed by atoms with Gasteiger partial charge in [0.2, 0.25) is 10.0 Å². The molecular weight excluding hydrogens is 430 g/mol. The fourth-order valence-corrected chi connectivity index (χ4v) is 5.03. The quantitative estimate of drug-likeness (QED) is 0.317. The number of amides is 1. The number of hydroxylamine groups is 1. The van der Waals surface area contributed by atoms with Crippen LogP contribution in [-0.2, 0) is 30.9 Å². The molecule has 1 aliphatic heterocycles. The lowest BCUT2D eigenvalue weighted by molar-refractivity contribution is -0.136. The first-order valence-electron chi connectivity index (χ1n) is 9.29. The second-order valence-corrected chi connectivity index (χ2v) is 8.90. The molecule has 0 radical (unpaired) electrons. The van der Waals surface area contributed by atoms with Crippen molar-refractivity contribution in [1.29, 1.82) is 0 Å². The second kappa shape index (κ2) is 8.13. The number of ether oxygens (including phenoxy) is 3. The summed E-state index contributed by atoms with van der Waals surface area (Å²) >= 11 is 0. The van der Waals surface area contributed by atoms with E-state index in [-0.39, 0.29) is 24.3 Å². The van der Waals surface area contributed by atoms with Gasteiger partial charge in [0.1, 0.15) is 30.1 Å². The van der Waals surface area contributed by atoms with Crippen LogP contribution >= 0.6 is 0 Å². The van der Waals surface area contributed by atoms with Crippen LogP contribution in [0.3, 0.4) is 0 Å². The standard InChI is InChI=1S/C19H19N3O8S/c23-17(21-25)19(9-15-16(10-19)30-18(24)29-15)22-31(26,27)14-3-1-13(2-4-14)28-11-12-5-7-20-8-6-12/h1-8,15-16,22,25H,9-11H2,(H,21,23). The van der Waals surface area contributed by atoms with Gasteiger partial charge in [-0.05, 0) is 42.0 Å². The van der Waals surface area contributed by atoms with Gasteiger partial charge in [-0.15, -0.1) is 0 Å². The van der Waals surface area contributed by atoms with E-state index in [0.717, 1.165) is 5.56 Å². The molecule has 1 aromatic carbocycles. The van der Waals surface area contributed by atoms with Crippen LogP contribution in [0.4, 0.5) is 4.79 Å². The summed E-state index contributed by atoms with van der Waals surface area (Å²) in [6, 6.07) is 9.24. The van der Waals surface area contributed by atoms with Gasteiger partial charge in [0.25, 0.3) is 5.91 Å². The minimum atomic E-state index is -4.17. The van der Waals surface area contributed by atoms with Gasteiger partial charge in [-0.25, -0.2) is 18.7 Å². The summed E-state index contributed by atoms with van der Waals surface area (Å²) in [5.74, 6) is -0.517. The van der Waals surface area contributed by atoms with Gasteiger partial charge in [0.05, 0.1) is 4.90 Å². The number of nitrogens with one attached hydrogen (secondary N) is 2.